The van der Waals surface area contributed by atoms with E-state index in [9.17, 15) is 5.11 Å². The number of nitrogens with zero attached hydrogens (tertiary/aromatic N) is 2. The number of para-hydroxylation sites is 2. The number of quaternary nitrogens is 1. The van der Waals surface area contributed by atoms with Gasteiger partial charge in [-0.2, -0.15) is 0 Å². The number of aromatic nitrogens is 2. The third-order valence-electron chi connectivity index (χ3n) is 5.80. The predicted molar refractivity (Wildman–Crippen MR) is 110 cm³/mol. The van der Waals surface area contributed by atoms with Crippen molar-refractivity contribution >= 4 is 11.0 Å². The average Bonchev–Trinajstić information content (AvgIpc) is 3.32. The second-order valence-corrected chi connectivity index (χ2v) is 7.41. The minimum atomic E-state index is -0.744. The van der Waals surface area contributed by atoms with E-state index in [4.69, 9.17) is 14.9 Å². The van der Waals surface area contributed by atoms with Crippen LogP contribution in [0.1, 0.15) is 25.5 Å². The van der Waals surface area contributed by atoms with E-state index in [0.29, 0.717) is 23.7 Å². The van der Waals surface area contributed by atoms with E-state index in [1.54, 1.807) is 0 Å². The number of aliphatic hydroxyl groups excluding tert-OH is 1. The number of aliphatic hydroxyl groups is 1. The van der Waals surface area contributed by atoms with Crippen molar-refractivity contribution < 1.29 is 31.9 Å². The Morgan fingerprint density at radius 3 is 2.40 bits per heavy atom. The standard InChI is InChI=1S/C22H28N4O3.ClH/c1-3-24(4-2)11-12-25-17-7-5-6-8-18(17)26(22(25)23)14-19(27)16-9-10-20-21(13-16)29-15-28-20;/h5-10,13,19,23,27H,3-4,11-12,14-15H2,1-2H3;1H. The second kappa shape index (κ2) is 9.55. The van der Waals surface area contributed by atoms with Gasteiger partial charge < -0.3 is 41.0 Å². The molecule has 0 saturated heterocycles. The summed E-state index contributed by atoms with van der Waals surface area (Å²) in [7, 11) is 0. The lowest BCUT2D eigenvalue weighted by molar-refractivity contribution is -0.897. The van der Waals surface area contributed by atoms with Crippen LogP contribution >= 0.6 is 0 Å². The molecule has 30 heavy (non-hydrogen) atoms. The van der Waals surface area contributed by atoms with Gasteiger partial charge in [0.15, 0.2) is 11.5 Å². The highest BCUT2D eigenvalue weighted by Gasteiger charge is 2.19. The van der Waals surface area contributed by atoms with Gasteiger partial charge in [-0.1, -0.05) is 18.2 Å². The summed E-state index contributed by atoms with van der Waals surface area (Å²) in [6.45, 7) is 8.81. The Bertz CT molecular complexity index is 1060. The highest BCUT2D eigenvalue weighted by atomic mass is 35.5. The molecule has 1 unspecified atom stereocenters. The van der Waals surface area contributed by atoms with Crippen LogP contribution in [-0.4, -0.2) is 40.7 Å². The summed E-state index contributed by atoms with van der Waals surface area (Å²) in [5, 5.41) is 19.7. The smallest absolute Gasteiger partial charge is 0.231 e. The van der Waals surface area contributed by atoms with Gasteiger partial charge in [0, 0.05) is 0 Å². The van der Waals surface area contributed by atoms with Crippen molar-refractivity contribution in [3.8, 4) is 11.5 Å². The lowest BCUT2D eigenvalue weighted by atomic mass is 10.1. The molecule has 1 aliphatic heterocycles. The quantitative estimate of drug-likeness (QED) is 0.398. The van der Waals surface area contributed by atoms with Gasteiger partial charge in [0.1, 0.15) is 0 Å². The summed E-state index contributed by atoms with van der Waals surface area (Å²) < 4.78 is 14.7. The highest BCUT2D eigenvalue weighted by Crippen LogP contribution is 2.34. The first-order chi connectivity index (χ1) is 14.1. The molecule has 0 aliphatic carbocycles. The molecule has 3 aromatic rings. The van der Waals surface area contributed by atoms with Crippen LogP contribution in [0.2, 0.25) is 0 Å². The van der Waals surface area contributed by atoms with Gasteiger partial charge in [-0.3, -0.25) is 5.41 Å². The topological polar surface area (TPSA) is 76.8 Å². The van der Waals surface area contributed by atoms with E-state index in [1.165, 1.54) is 4.90 Å². The molecule has 0 radical (unpaired) electrons. The first-order valence-corrected chi connectivity index (χ1v) is 10.3. The molecule has 3 N–H and O–H groups in total. The van der Waals surface area contributed by atoms with Crippen LogP contribution in [0.5, 0.6) is 11.5 Å². The van der Waals surface area contributed by atoms with Crippen molar-refractivity contribution in [2.24, 2.45) is 0 Å². The molecule has 2 aromatic carbocycles. The largest absolute Gasteiger partial charge is 1.00 e. The van der Waals surface area contributed by atoms with Gasteiger partial charge in [0.2, 0.25) is 12.4 Å². The first-order valence-electron chi connectivity index (χ1n) is 10.3. The number of likely N-dealkylation sites (N-methyl/N-ethyl adjacent to an activating group) is 1. The number of hydrogen-bond donors (Lipinski definition) is 3. The second-order valence-electron chi connectivity index (χ2n) is 7.41. The zero-order valence-electron chi connectivity index (χ0n) is 17.4. The van der Waals surface area contributed by atoms with Crippen molar-refractivity contribution in [2.45, 2.75) is 33.0 Å². The van der Waals surface area contributed by atoms with Crippen LogP contribution in [0, 0.1) is 5.41 Å². The summed E-state index contributed by atoms with van der Waals surface area (Å²) >= 11 is 0. The van der Waals surface area contributed by atoms with Crippen LogP contribution in [0.15, 0.2) is 42.5 Å². The number of fused-ring (bicyclic) bond motifs is 2. The SMILES string of the molecule is CC[NH+](CC)CCn1c(=N)n(CC(O)c2ccc3c(c2)OCO3)c2ccccc21.[Cl-]. The van der Waals surface area contributed by atoms with Crippen molar-refractivity contribution in [1.29, 1.82) is 5.41 Å². The molecule has 1 atom stereocenters. The molecule has 0 spiro atoms. The van der Waals surface area contributed by atoms with E-state index >= 15 is 0 Å². The minimum absolute atomic E-state index is 0. The van der Waals surface area contributed by atoms with Gasteiger partial charge in [-0.05, 0) is 43.7 Å². The van der Waals surface area contributed by atoms with Crippen LogP contribution < -0.4 is 32.4 Å². The van der Waals surface area contributed by atoms with E-state index in [2.05, 4.69) is 13.8 Å². The van der Waals surface area contributed by atoms with Gasteiger partial charge in [0.05, 0.1) is 49.9 Å². The number of nitrogens with one attached hydrogen (secondary N) is 2. The van der Waals surface area contributed by atoms with Gasteiger partial charge in [0.25, 0.3) is 0 Å². The van der Waals surface area contributed by atoms with Gasteiger partial charge in [-0.25, -0.2) is 0 Å². The zero-order valence-corrected chi connectivity index (χ0v) is 18.2. The normalized spacial score (nSPS) is 13.6. The molecule has 7 nitrogen and oxygen atoms in total. The van der Waals surface area contributed by atoms with Gasteiger partial charge >= 0.3 is 0 Å². The number of halogens is 1. The Hall–Kier alpha value is -2.48. The molecule has 4 rings (SSSR count). The van der Waals surface area contributed by atoms with E-state index < -0.39 is 6.10 Å². The maximum atomic E-state index is 10.9. The van der Waals surface area contributed by atoms with Crippen LogP contribution in [0.4, 0.5) is 0 Å². The molecule has 0 amide bonds. The number of imidazole rings is 1. The zero-order chi connectivity index (χ0) is 20.4. The fourth-order valence-corrected chi connectivity index (χ4v) is 3.98. The van der Waals surface area contributed by atoms with E-state index in [1.807, 2.05) is 51.6 Å². The molecular weight excluding hydrogens is 404 g/mol. The molecule has 1 aliphatic rings. The lowest BCUT2D eigenvalue weighted by Gasteiger charge is -2.16. The van der Waals surface area contributed by atoms with Gasteiger partial charge in [-0.15, -0.1) is 0 Å². The lowest BCUT2D eigenvalue weighted by Crippen LogP contribution is -3.11. The molecule has 1 aromatic heterocycles. The molecule has 0 fully saturated rings. The molecule has 2 heterocycles. The minimum Gasteiger partial charge on any atom is -1.00 e. The molecule has 0 bridgehead atoms. The summed E-state index contributed by atoms with van der Waals surface area (Å²) in [4.78, 5) is 1.51. The Labute approximate surface area is 182 Å². The fraction of sp³-hybridized carbons (Fsp3) is 0.409. The Balaban J connectivity index is 0.00000256. The van der Waals surface area contributed by atoms with Crippen molar-refractivity contribution in [3.63, 3.8) is 0 Å². The number of benzene rings is 2. The monoisotopic (exact) mass is 432 g/mol. The third kappa shape index (κ3) is 4.19. The Kier molecular flexibility index (Phi) is 7.07. The average molecular weight is 433 g/mol. The van der Waals surface area contributed by atoms with Crippen molar-refractivity contribution in [3.05, 3.63) is 53.6 Å². The number of ether oxygens (including phenoxy) is 2. The number of hydrogen-bond acceptors (Lipinski definition) is 4. The van der Waals surface area contributed by atoms with E-state index in [-0.39, 0.29) is 19.2 Å². The number of rotatable bonds is 8. The van der Waals surface area contributed by atoms with Crippen molar-refractivity contribution in [2.75, 3.05) is 26.4 Å². The summed E-state index contributed by atoms with van der Waals surface area (Å²) in [5.74, 6) is 1.35. The molecular formula is C22H29ClN4O3. The fourth-order valence-electron chi connectivity index (χ4n) is 3.98. The first kappa shape index (κ1) is 22.2. The van der Waals surface area contributed by atoms with Crippen LogP contribution in [0.3, 0.4) is 0 Å². The van der Waals surface area contributed by atoms with Crippen molar-refractivity contribution in [1.82, 2.24) is 9.13 Å². The maximum absolute atomic E-state index is 10.9. The summed E-state index contributed by atoms with van der Waals surface area (Å²) in [5.41, 5.74) is 3.16. The Morgan fingerprint density at radius 2 is 1.70 bits per heavy atom. The molecule has 8 heteroatoms. The predicted octanol–water partition coefficient (Wildman–Crippen LogP) is -1.69. The highest BCUT2D eigenvalue weighted by molar-refractivity contribution is 5.75. The summed E-state index contributed by atoms with van der Waals surface area (Å²) in [6.07, 6.45) is -0.744. The summed E-state index contributed by atoms with van der Waals surface area (Å²) in [6, 6.07) is 13.5. The molecule has 0 saturated carbocycles. The maximum Gasteiger partial charge on any atom is 0.231 e. The van der Waals surface area contributed by atoms with Crippen LogP contribution in [0.25, 0.3) is 11.0 Å². The molecule has 162 valence electrons. The Morgan fingerprint density at radius 1 is 1.03 bits per heavy atom. The van der Waals surface area contributed by atoms with E-state index in [0.717, 1.165) is 42.8 Å². The third-order valence-corrected chi connectivity index (χ3v) is 5.80. The van der Waals surface area contributed by atoms with Crippen LogP contribution in [-0.2, 0) is 13.1 Å².